The van der Waals surface area contributed by atoms with Crippen LogP contribution in [0.2, 0.25) is 5.02 Å². The predicted molar refractivity (Wildman–Crippen MR) is 85.2 cm³/mol. The van der Waals surface area contributed by atoms with Gasteiger partial charge in [-0.2, -0.15) is 0 Å². The molecule has 2 N–H and O–H groups in total. The maximum Gasteiger partial charge on any atom is 0.254 e. The van der Waals surface area contributed by atoms with Gasteiger partial charge in [-0.1, -0.05) is 38.4 Å². The van der Waals surface area contributed by atoms with Gasteiger partial charge < -0.3 is 10.6 Å². The number of benzene rings is 1. The predicted octanol–water partition coefficient (Wildman–Crippen LogP) is 3.49. The Hall–Kier alpha value is -1.06. The average Bonchev–Trinajstić information content (AvgIpc) is 2.40. The van der Waals surface area contributed by atoms with Crippen LogP contribution in [0.25, 0.3) is 0 Å². The van der Waals surface area contributed by atoms with Gasteiger partial charge in [-0.25, -0.2) is 0 Å². The van der Waals surface area contributed by atoms with Crippen molar-refractivity contribution in [1.82, 2.24) is 4.90 Å². The Labute approximate surface area is 127 Å². The van der Waals surface area contributed by atoms with E-state index in [1.165, 1.54) is 0 Å². The van der Waals surface area contributed by atoms with Gasteiger partial charge in [0.05, 0.1) is 0 Å². The quantitative estimate of drug-likeness (QED) is 0.873. The van der Waals surface area contributed by atoms with Crippen LogP contribution >= 0.6 is 11.6 Å². The molecule has 4 heteroatoms. The second-order valence-electron chi connectivity index (χ2n) is 6.05. The lowest BCUT2D eigenvalue weighted by Gasteiger charge is -2.32. The van der Waals surface area contributed by atoms with Crippen LogP contribution < -0.4 is 5.73 Å². The molecule has 0 bridgehead atoms. The summed E-state index contributed by atoms with van der Waals surface area (Å²) in [5.41, 5.74) is 7.33. The fourth-order valence-electron chi connectivity index (χ4n) is 2.10. The number of hydrogen-bond acceptors (Lipinski definition) is 2. The molecule has 1 rings (SSSR count). The largest absolute Gasteiger partial charge is 0.338 e. The number of aryl methyl sites for hydroxylation is 1. The Kier molecular flexibility index (Phi) is 6.03. The Morgan fingerprint density at radius 2 is 2.05 bits per heavy atom. The molecule has 1 amide bonds. The molecule has 0 saturated carbocycles. The number of carbonyl (C=O) groups excluding carboxylic acids is 1. The van der Waals surface area contributed by atoms with E-state index in [9.17, 15) is 4.79 Å². The molecule has 0 heterocycles. The molecule has 0 atom stereocenters. The lowest BCUT2D eigenvalue weighted by Crippen LogP contribution is -2.42. The SMILES string of the molecule is CCCN(CC(C)(C)CN)C(=O)c1cc(Cl)ccc1C. The van der Waals surface area contributed by atoms with Gasteiger partial charge in [0.2, 0.25) is 0 Å². The Bertz CT molecular complexity index is 472. The van der Waals surface area contributed by atoms with Crippen LogP contribution in [-0.2, 0) is 0 Å². The van der Waals surface area contributed by atoms with Crippen molar-refractivity contribution in [3.8, 4) is 0 Å². The highest BCUT2D eigenvalue weighted by Crippen LogP contribution is 2.21. The summed E-state index contributed by atoms with van der Waals surface area (Å²) < 4.78 is 0. The second-order valence-corrected chi connectivity index (χ2v) is 6.49. The van der Waals surface area contributed by atoms with E-state index < -0.39 is 0 Å². The minimum Gasteiger partial charge on any atom is -0.338 e. The number of carbonyl (C=O) groups is 1. The van der Waals surface area contributed by atoms with Crippen molar-refractivity contribution in [2.45, 2.75) is 34.1 Å². The van der Waals surface area contributed by atoms with E-state index >= 15 is 0 Å². The summed E-state index contributed by atoms with van der Waals surface area (Å²) in [7, 11) is 0. The third-order valence-electron chi connectivity index (χ3n) is 3.38. The molecular formula is C16H25ClN2O. The van der Waals surface area contributed by atoms with Gasteiger partial charge in [0.15, 0.2) is 0 Å². The van der Waals surface area contributed by atoms with Crippen LogP contribution in [0.5, 0.6) is 0 Å². The van der Waals surface area contributed by atoms with E-state index in [0.717, 1.165) is 18.5 Å². The first-order chi connectivity index (χ1) is 9.30. The third-order valence-corrected chi connectivity index (χ3v) is 3.62. The molecule has 0 aliphatic heterocycles. The maximum absolute atomic E-state index is 12.7. The van der Waals surface area contributed by atoms with Gasteiger partial charge >= 0.3 is 0 Å². The number of amides is 1. The van der Waals surface area contributed by atoms with E-state index in [4.69, 9.17) is 17.3 Å². The van der Waals surface area contributed by atoms with E-state index in [0.29, 0.717) is 23.7 Å². The molecule has 0 unspecified atom stereocenters. The zero-order valence-electron chi connectivity index (χ0n) is 12.9. The third kappa shape index (κ3) is 4.50. The van der Waals surface area contributed by atoms with Crippen LogP contribution in [0.4, 0.5) is 0 Å². The van der Waals surface area contributed by atoms with Crippen molar-refractivity contribution in [3.63, 3.8) is 0 Å². The van der Waals surface area contributed by atoms with Crippen molar-refractivity contribution >= 4 is 17.5 Å². The van der Waals surface area contributed by atoms with Gasteiger partial charge in [-0.15, -0.1) is 0 Å². The summed E-state index contributed by atoms with van der Waals surface area (Å²) in [6.45, 7) is 10.1. The number of rotatable bonds is 6. The summed E-state index contributed by atoms with van der Waals surface area (Å²) in [6.07, 6.45) is 0.923. The highest BCUT2D eigenvalue weighted by Gasteiger charge is 2.24. The first kappa shape index (κ1) is 17.0. The van der Waals surface area contributed by atoms with Crippen molar-refractivity contribution in [2.24, 2.45) is 11.1 Å². The molecule has 20 heavy (non-hydrogen) atoms. The van der Waals surface area contributed by atoms with E-state index in [-0.39, 0.29) is 11.3 Å². The van der Waals surface area contributed by atoms with Gasteiger partial charge in [0, 0.05) is 23.7 Å². The van der Waals surface area contributed by atoms with Gasteiger partial charge in [0.25, 0.3) is 5.91 Å². The lowest BCUT2D eigenvalue weighted by atomic mass is 9.92. The summed E-state index contributed by atoms with van der Waals surface area (Å²) in [6, 6.07) is 5.44. The second kappa shape index (κ2) is 7.09. The fraction of sp³-hybridized carbons (Fsp3) is 0.562. The van der Waals surface area contributed by atoms with Gasteiger partial charge in [0.1, 0.15) is 0 Å². The van der Waals surface area contributed by atoms with Crippen LogP contribution in [0, 0.1) is 12.3 Å². The smallest absolute Gasteiger partial charge is 0.254 e. The Balaban J connectivity index is 3.02. The number of halogens is 1. The molecule has 1 aromatic carbocycles. The minimum atomic E-state index is -0.0860. The first-order valence-electron chi connectivity index (χ1n) is 7.06. The summed E-state index contributed by atoms with van der Waals surface area (Å²) >= 11 is 6.01. The molecule has 0 saturated heterocycles. The van der Waals surface area contributed by atoms with Crippen LogP contribution in [0.1, 0.15) is 43.1 Å². The molecule has 3 nitrogen and oxygen atoms in total. The van der Waals surface area contributed by atoms with Crippen molar-refractivity contribution in [1.29, 1.82) is 0 Å². The fourth-order valence-corrected chi connectivity index (χ4v) is 2.27. The zero-order valence-corrected chi connectivity index (χ0v) is 13.6. The first-order valence-corrected chi connectivity index (χ1v) is 7.44. The Morgan fingerprint density at radius 1 is 1.40 bits per heavy atom. The molecule has 0 aromatic heterocycles. The van der Waals surface area contributed by atoms with Crippen molar-refractivity contribution in [3.05, 3.63) is 34.3 Å². The molecule has 112 valence electrons. The molecule has 0 aliphatic rings. The molecule has 1 aromatic rings. The highest BCUT2D eigenvalue weighted by molar-refractivity contribution is 6.31. The van der Waals surface area contributed by atoms with Gasteiger partial charge in [-0.05, 0) is 43.0 Å². The summed E-state index contributed by atoms with van der Waals surface area (Å²) in [5.74, 6) is 0.0355. The summed E-state index contributed by atoms with van der Waals surface area (Å²) in [4.78, 5) is 14.6. The number of nitrogens with two attached hydrogens (primary N) is 1. The van der Waals surface area contributed by atoms with Crippen LogP contribution in [0.3, 0.4) is 0 Å². The molecule has 0 spiro atoms. The Morgan fingerprint density at radius 3 is 2.60 bits per heavy atom. The van der Waals surface area contributed by atoms with E-state index in [1.54, 1.807) is 6.07 Å². The monoisotopic (exact) mass is 296 g/mol. The van der Waals surface area contributed by atoms with E-state index in [2.05, 4.69) is 20.8 Å². The lowest BCUT2D eigenvalue weighted by molar-refractivity contribution is 0.0689. The standard InChI is InChI=1S/C16H25ClN2O/c1-5-8-19(11-16(3,4)10-18)15(20)14-9-13(17)7-6-12(14)2/h6-7,9H,5,8,10-11,18H2,1-4H3. The molecule has 0 aliphatic carbocycles. The van der Waals surface area contributed by atoms with E-state index in [1.807, 2.05) is 24.0 Å². The molecular weight excluding hydrogens is 272 g/mol. The summed E-state index contributed by atoms with van der Waals surface area (Å²) in [5, 5.41) is 0.591. The zero-order chi connectivity index (χ0) is 15.3. The van der Waals surface area contributed by atoms with Crippen molar-refractivity contribution < 1.29 is 4.79 Å². The van der Waals surface area contributed by atoms with Crippen LogP contribution in [-0.4, -0.2) is 30.4 Å². The number of nitrogens with zero attached hydrogens (tertiary/aromatic N) is 1. The topological polar surface area (TPSA) is 46.3 Å². The molecule has 0 radical (unpaired) electrons. The minimum absolute atomic E-state index is 0.0355. The normalized spacial score (nSPS) is 11.5. The van der Waals surface area contributed by atoms with Crippen molar-refractivity contribution in [2.75, 3.05) is 19.6 Å². The van der Waals surface area contributed by atoms with Gasteiger partial charge in [-0.3, -0.25) is 4.79 Å². The maximum atomic E-state index is 12.7. The number of hydrogen-bond donors (Lipinski definition) is 1. The highest BCUT2D eigenvalue weighted by atomic mass is 35.5. The average molecular weight is 297 g/mol. The molecule has 0 fully saturated rings. The van der Waals surface area contributed by atoms with Crippen LogP contribution in [0.15, 0.2) is 18.2 Å².